The lowest BCUT2D eigenvalue weighted by Gasteiger charge is -2.05. The van der Waals surface area contributed by atoms with Crippen LogP contribution in [-0.2, 0) is 0 Å². The highest BCUT2D eigenvalue weighted by Crippen LogP contribution is 2.35. The number of hydrogen-bond donors (Lipinski definition) is 3. The lowest BCUT2D eigenvalue weighted by molar-refractivity contribution is 1.15. The minimum Gasteiger partial charge on any atom is -0.384 e. The van der Waals surface area contributed by atoms with Crippen molar-refractivity contribution < 1.29 is 0 Å². The summed E-state index contributed by atoms with van der Waals surface area (Å²) in [6.07, 6.45) is 2.70. The average molecular weight is 398 g/mol. The van der Waals surface area contributed by atoms with E-state index in [-0.39, 0.29) is 0 Å². The molecule has 4 N–H and O–H groups in total. The summed E-state index contributed by atoms with van der Waals surface area (Å²) < 4.78 is 0. The van der Waals surface area contributed by atoms with Gasteiger partial charge in [-0.15, -0.1) is 0 Å². The van der Waals surface area contributed by atoms with Crippen LogP contribution in [0.1, 0.15) is 5.56 Å². The van der Waals surface area contributed by atoms with Crippen molar-refractivity contribution in [2.24, 2.45) is 0 Å². The maximum atomic E-state index is 9.02. The normalized spacial score (nSPS) is 10.7. The first kappa shape index (κ1) is 17.0. The molecule has 0 unspecified atom stereocenters. The number of nitrogens with two attached hydrogens (primary N) is 1. The van der Waals surface area contributed by atoms with Crippen molar-refractivity contribution in [2.45, 2.75) is 0 Å². The number of benzene rings is 1. The van der Waals surface area contributed by atoms with Crippen LogP contribution >= 0.6 is 23.2 Å². The molecule has 0 radical (unpaired) electrons. The van der Waals surface area contributed by atoms with Crippen LogP contribution in [0.5, 0.6) is 0 Å². The van der Waals surface area contributed by atoms with Gasteiger partial charge >= 0.3 is 0 Å². The second-order valence-corrected chi connectivity index (χ2v) is 6.20. The van der Waals surface area contributed by atoms with Gasteiger partial charge in [0.1, 0.15) is 35.6 Å². The van der Waals surface area contributed by atoms with Crippen molar-refractivity contribution in [1.82, 2.24) is 29.9 Å². The molecule has 0 saturated carbocycles. The lowest BCUT2D eigenvalue weighted by Crippen LogP contribution is -2.00. The summed E-state index contributed by atoms with van der Waals surface area (Å²) in [5, 5.41) is 12.7. The van der Waals surface area contributed by atoms with Crippen LogP contribution in [0.4, 0.5) is 17.5 Å². The van der Waals surface area contributed by atoms with Gasteiger partial charge in [-0.25, -0.2) is 24.9 Å². The van der Waals surface area contributed by atoms with E-state index in [0.717, 1.165) is 0 Å². The lowest BCUT2D eigenvalue weighted by atomic mass is 10.1. The predicted molar refractivity (Wildman–Crippen MR) is 102 cm³/mol. The smallest absolute Gasteiger partial charge is 0.183 e. The molecule has 0 atom stereocenters. The van der Waals surface area contributed by atoms with Crippen molar-refractivity contribution in [2.75, 3.05) is 11.1 Å². The Balaban J connectivity index is 1.81. The molecule has 1 aromatic carbocycles. The molecular weight excluding hydrogens is 389 g/mol. The van der Waals surface area contributed by atoms with Gasteiger partial charge in [0, 0.05) is 6.07 Å². The van der Waals surface area contributed by atoms with Crippen molar-refractivity contribution in [3.63, 3.8) is 0 Å². The minimum atomic E-state index is 0.296. The Hall–Kier alpha value is -3.48. The summed E-state index contributed by atoms with van der Waals surface area (Å²) in [7, 11) is 0. The van der Waals surface area contributed by atoms with Gasteiger partial charge < -0.3 is 16.0 Å². The number of aromatic amines is 1. The Morgan fingerprint density at radius 2 is 1.78 bits per heavy atom. The van der Waals surface area contributed by atoms with Gasteiger partial charge in [-0.05, 0) is 12.1 Å². The molecular formula is C16H9Cl2N9. The topological polar surface area (TPSA) is 142 Å². The highest BCUT2D eigenvalue weighted by atomic mass is 35.5. The largest absolute Gasteiger partial charge is 0.384 e. The van der Waals surface area contributed by atoms with Gasteiger partial charge in [-0.1, -0.05) is 23.2 Å². The first-order valence-electron chi connectivity index (χ1n) is 7.50. The van der Waals surface area contributed by atoms with E-state index in [4.69, 9.17) is 34.2 Å². The Bertz CT molecular complexity index is 1190. The molecule has 11 heteroatoms. The fourth-order valence-corrected chi connectivity index (χ4v) is 3.13. The number of nitrogen functional groups attached to an aromatic ring is 1. The first-order valence-corrected chi connectivity index (χ1v) is 8.25. The third-order valence-electron chi connectivity index (χ3n) is 3.63. The molecule has 0 aliphatic rings. The van der Waals surface area contributed by atoms with E-state index >= 15 is 0 Å². The van der Waals surface area contributed by atoms with E-state index in [9.17, 15) is 0 Å². The quantitative estimate of drug-likeness (QED) is 0.477. The summed E-state index contributed by atoms with van der Waals surface area (Å²) in [6.45, 7) is 0. The second kappa shape index (κ2) is 6.68. The number of nitrogens with zero attached hydrogens (tertiary/aromatic N) is 6. The number of aromatic nitrogens is 6. The zero-order valence-electron chi connectivity index (χ0n) is 13.4. The van der Waals surface area contributed by atoms with Crippen LogP contribution in [0.3, 0.4) is 0 Å². The van der Waals surface area contributed by atoms with Crippen LogP contribution in [0.2, 0.25) is 10.0 Å². The zero-order valence-corrected chi connectivity index (χ0v) is 14.9. The van der Waals surface area contributed by atoms with Crippen LogP contribution in [0.25, 0.3) is 22.6 Å². The standard InChI is InChI=1S/C16H9Cl2N9/c17-8-1-7(4-19)2-9(18)12(8)14-26-13-15(23-6-24-16(13)27-14)25-11-3-10(20)21-5-22-11/h1-3,5-6H,(H4,20,21,22,23,24,25,26,27). The van der Waals surface area contributed by atoms with Gasteiger partial charge in [-0.3, -0.25) is 0 Å². The van der Waals surface area contributed by atoms with Gasteiger partial charge in [0.2, 0.25) is 0 Å². The number of anilines is 3. The Morgan fingerprint density at radius 3 is 2.48 bits per heavy atom. The van der Waals surface area contributed by atoms with E-state index < -0.39 is 0 Å². The van der Waals surface area contributed by atoms with Crippen molar-refractivity contribution in [3.05, 3.63) is 46.5 Å². The Morgan fingerprint density at radius 1 is 1.04 bits per heavy atom. The van der Waals surface area contributed by atoms with Crippen molar-refractivity contribution >= 4 is 51.8 Å². The summed E-state index contributed by atoms with van der Waals surface area (Å²) in [6, 6.07) is 6.61. The molecule has 0 amide bonds. The Kier molecular flexibility index (Phi) is 4.19. The zero-order chi connectivity index (χ0) is 19.0. The number of hydrogen-bond acceptors (Lipinski definition) is 8. The van der Waals surface area contributed by atoms with Gasteiger partial charge in [-0.2, -0.15) is 5.26 Å². The SMILES string of the molecule is N#Cc1cc(Cl)c(-c2nc3ncnc(Nc4cc(N)ncn4)c3[nH]2)c(Cl)c1. The summed E-state index contributed by atoms with van der Waals surface area (Å²) in [5.41, 5.74) is 7.42. The van der Waals surface area contributed by atoms with Gasteiger partial charge in [0.25, 0.3) is 0 Å². The van der Waals surface area contributed by atoms with E-state index in [0.29, 0.717) is 55.6 Å². The number of imidazole rings is 1. The van der Waals surface area contributed by atoms with Crippen LogP contribution in [0, 0.1) is 11.3 Å². The third kappa shape index (κ3) is 3.19. The van der Waals surface area contributed by atoms with Crippen molar-refractivity contribution in [1.29, 1.82) is 5.26 Å². The molecule has 4 aromatic rings. The fourth-order valence-electron chi connectivity index (χ4n) is 2.47. The number of fused-ring (bicyclic) bond motifs is 1. The molecule has 0 bridgehead atoms. The van der Waals surface area contributed by atoms with Crippen LogP contribution in [-0.4, -0.2) is 29.9 Å². The predicted octanol–water partition coefficient (Wildman–Crippen LogP) is 3.31. The maximum absolute atomic E-state index is 9.02. The molecule has 0 aliphatic heterocycles. The van der Waals surface area contributed by atoms with E-state index in [1.807, 2.05) is 6.07 Å². The third-order valence-corrected chi connectivity index (χ3v) is 4.23. The molecule has 0 spiro atoms. The first-order chi connectivity index (χ1) is 13.0. The number of H-pyrrole nitrogens is 1. The number of rotatable bonds is 3. The number of halogens is 2. The summed E-state index contributed by atoms with van der Waals surface area (Å²) in [5.74, 6) is 1.63. The number of nitrogens with one attached hydrogen (secondary N) is 2. The van der Waals surface area contributed by atoms with Gasteiger partial charge in [0.15, 0.2) is 11.5 Å². The molecule has 132 valence electrons. The number of nitriles is 1. The molecule has 9 nitrogen and oxygen atoms in total. The average Bonchev–Trinajstić information content (AvgIpc) is 3.05. The molecule has 4 rings (SSSR count). The van der Waals surface area contributed by atoms with Crippen LogP contribution in [0.15, 0.2) is 30.9 Å². The summed E-state index contributed by atoms with van der Waals surface area (Å²) in [4.78, 5) is 23.8. The van der Waals surface area contributed by atoms with Crippen molar-refractivity contribution in [3.8, 4) is 17.5 Å². The highest BCUT2D eigenvalue weighted by molar-refractivity contribution is 6.39. The fraction of sp³-hybridized carbons (Fsp3) is 0. The second-order valence-electron chi connectivity index (χ2n) is 5.39. The minimum absolute atomic E-state index is 0.296. The molecule has 0 saturated heterocycles. The van der Waals surface area contributed by atoms with E-state index in [1.165, 1.54) is 24.8 Å². The molecule has 3 aromatic heterocycles. The van der Waals surface area contributed by atoms with Gasteiger partial charge in [0.05, 0.1) is 27.2 Å². The molecule has 27 heavy (non-hydrogen) atoms. The molecule has 0 aliphatic carbocycles. The molecule has 0 fully saturated rings. The Labute approximate surface area is 162 Å². The monoisotopic (exact) mass is 397 g/mol. The summed E-state index contributed by atoms with van der Waals surface area (Å²) >= 11 is 12.6. The maximum Gasteiger partial charge on any atom is 0.183 e. The highest BCUT2D eigenvalue weighted by Gasteiger charge is 2.17. The van der Waals surface area contributed by atoms with E-state index in [2.05, 4.69) is 35.2 Å². The van der Waals surface area contributed by atoms with Crippen LogP contribution < -0.4 is 11.1 Å². The van der Waals surface area contributed by atoms with E-state index in [1.54, 1.807) is 6.07 Å². The molecule has 3 heterocycles.